The molecular weight excluding hydrogens is 398 g/mol. The third-order valence-electron chi connectivity index (χ3n) is 4.65. The first-order chi connectivity index (χ1) is 13.5. The van der Waals surface area contributed by atoms with Gasteiger partial charge in [-0.15, -0.1) is 0 Å². The van der Waals surface area contributed by atoms with Crippen molar-refractivity contribution in [1.29, 1.82) is 0 Å². The monoisotopic (exact) mass is 420 g/mol. The normalized spacial score (nSPS) is 13.7. The highest BCUT2D eigenvalue weighted by Gasteiger charge is 2.34. The molecule has 0 saturated heterocycles. The summed E-state index contributed by atoms with van der Waals surface area (Å²) in [6.45, 7) is 3.39. The van der Waals surface area contributed by atoms with Crippen LogP contribution in [0.5, 0.6) is 0 Å². The fourth-order valence-electron chi connectivity index (χ4n) is 2.94. The average Bonchev–Trinajstić information content (AvgIpc) is 2.67. The molecule has 0 aliphatic rings. The lowest BCUT2D eigenvalue weighted by atomic mass is 10.0. The number of benzene rings is 1. The highest BCUT2D eigenvalue weighted by molar-refractivity contribution is 5.61. The van der Waals surface area contributed by atoms with E-state index in [-0.39, 0.29) is 22.9 Å². The van der Waals surface area contributed by atoms with Crippen molar-refractivity contribution in [3.63, 3.8) is 0 Å². The number of rotatable bonds is 7. The topological polar surface area (TPSA) is 45.1 Å². The molecule has 3 nitrogen and oxygen atoms in total. The van der Waals surface area contributed by atoms with Crippen molar-refractivity contribution in [2.45, 2.75) is 51.1 Å². The van der Waals surface area contributed by atoms with Gasteiger partial charge in [0.2, 0.25) is 0 Å². The van der Waals surface area contributed by atoms with Crippen LogP contribution in [-0.4, -0.2) is 22.7 Å². The van der Waals surface area contributed by atoms with Crippen LogP contribution < -0.4 is 5.32 Å². The molecule has 0 aliphatic heterocycles. The number of aromatic nitrogens is 1. The summed E-state index contributed by atoms with van der Waals surface area (Å²) in [6, 6.07) is 5.18. The summed E-state index contributed by atoms with van der Waals surface area (Å²) in [6.07, 6.45) is -7.86. The molecule has 160 valence electrons. The van der Waals surface area contributed by atoms with E-state index in [1.165, 1.54) is 6.07 Å². The first kappa shape index (κ1) is 23.2. The molecule has 1 atom stereocenters. The first-order valence-corrected chi connectivity index (χ1v) is 9.13. The van der Waals surface area contributed by atoms with Gasteiger partial charge in [-0.3, -0.25) is 0 Å². The van der Waals surface area contributed by atoms with E-state index < -0.39 is 36.3 Å². The molecule has 29 heavy (non-hydrogen) atoms. The Labute approximate surface area is 164 Å². The molecule has 0 spiro atoms. The lowest BCUT2D eigenvalue weighted by Crippen LogP contribution is -2.34. The van der Waals surface area contributed by atoms with Gasteiger partial charge >= 0.3 is 12.4 Å². The molecule has 0 saturated carbocycles. The van der Waals surface area contributed by atoms with Crippen LogP contribution in [0.25, 0.3) is 11.3 Å². The summed E-state index contributed by atoms with van der Waals surface area (Å²) in [5.74, 6) is 0. The summed E-state index contributed by atoms with van der Waals surface area (Å²) >= 11 is 0. The number of hydrogen-bond acceptors (Lipinski definition) is 3. The van der Waals surface area contributed by atoms with Crippen molar-refractivity contribution in [3.05, 3.63) is 53.2 Å². The van der Waals surface area contributed by atoms with Gasteiger partial charge in [0.1, 0.15) is 5.69 Å². The number of nitrogens with one attached hydrogen (secondary N) is 1. The summed E-state index contributed by atoms with van der Waals surface area (Å²) in [7, 11) is 0. The van der Waals surface area contributed by atoms with Crippen LogP contribution in [0.15, 0.2) is 36.4 Å². The van der Waals surface area contributed by atoms with E-state index in [1.54, 1.807) is 0 Å². The van der Waals surface area contributed by atoms with Crippen LogP contribution in [0.3, 0.4) is 0 Å². The minimum absolute atomic E-state index is 0.0100. The largest absolute Gasteiger partial charge is 0.433 e. The third kappa shape index (κ3) is 5.93. The summed E-state index contributed by atoms with van der Waals surface area (Å²) in [4.78, 5) is 3.59. The van der Waals surface area contributed by atoms with Crippen molar-refractivity contribution < 1.29 is 31.4 Å². The SMILES string of the molecule is CCC(CC)N[C@H](CO)c1cc(-c2ccc(C(F)(F)F)cc2)nc(C(F)(F)F)c1. The molecular formula is C20H22F6N2O. The zero-order valence-electron chi connectivity index (χ0n) is 15.9. The molecule has 0 fully saturated rings. The number of hydrogen-bond donors (Lipinski definition) is 2. The first-order valence-electron chi connectivity index (χ1n) is 9.13. The van der Waals surface area contributed by atoms with Crippen LogP contribution >= 0.6 is 0 Å². The van der Waals surface area contributed by atoms with E-state index in [2.05, 4.69) is 10.3 Å². The van der Waals surface area contributed by atoms with Gasteiger partial charge in [0.25, 0.3) is 0 Å². The van der Waals surface area contributed by atoms with Crippen LogP contribution in [0.2, 0.25) is 0 Å². The van der Waals surface area contributed by atoms with E-state index in [4.69, 9.17) is 0 Å². The van der Waals surface area contributed by atoms with E-state index in [9.17, 15) is 31.4 Å². The van der Waals surface area contributed by atoms with Crippen LogP contribution in [0, 0.1) is 0 Å². The van der Waals surface area contributed by atoms with Gasteiger partial charge in [-0.1, -0.05) is 26.0 Å². The predicted octanol–water partition coefficient (Wildman–Crippen LogP) is 5.60. The fraction of sp³-hybridized carbons (Fsp3) is 0.450. The van der Waals surface area contributed by atoms with Crippen molar-refractivity contribution in [2.24, 2.45) is 0 Å². The Morgan fingerprint density at radius 1 is 0.931 bits per heavy atom. The molecule has 0 aliphatic carbocycles. The number of nitrogens with zero attached hydrogens (tertiary/aromatic N) is 1. The lowest BCUT2D eigenvalue weighted by Gasteiger charge is -2.24. The summed E-state index contributed by atoms with van der Waals surface area (Å²) in [5.41, 5.74) is -1.92. The van der Waals surface area contributed by atoms with E-state index in [0.717, 1.165) is 43.2 Å². The van der Waals surface area contributed by atoms with Gasteiger partial charge in [-0.2, -0.15) is 26.3 Å². The maximum Gasteiger partial charge on any atom is 0.433 e. The van der Waals surface area contributed by atoms with Gasteiger partial charge in [0, 0.05) is 11.6 Å². The van der Waals surface area contributed by atoms with Gasteiger partial charge < -0.3 is 10.4 Å². The lowest BCUT2D eigenvalue weighted by molar-refractivity contribution is -0.141. The second-order valence-corrected chi connectivity index (χ2v) is 6.66. The minimum atomic E-state index is -4.74. The Bertz CT molecular complexity index is 798. The maximum atomic E-state index is 13.4. The van der Waals surface area contributed by atoms with E-state index in [0.29, 0.717) is 0 Å². The van der Waals surface area contributed by atoms with Gasteiger partial charge in [0.15, 0.2) is 0 Å². The third-order valence-corrected chi connectivity index (χ3v) is 4.65. The quantitative estimate of drug-likeness (QED) is 0.574. The molecule has 0 unspecified atom stereocenters. The number of aliphatic hydroxyl groups excluding tert-OH is 1. The van der Waals surface area contributed by atoms with E-state index in [1.807, 2.05) is 13.8 Å². The summed E-state index contributed by atoms with van der Waals surface area (Å²) in [5, 5.41) is 12.8. The zero-order valence-corrected chi connectivity index (χ0v) is 15.9. The second kappa shape index (κ2) is 9.13. The van der Waals surface area contributed by atoms with Crippen LogP contribution in [-0.2, 0) is 12.4 Å². The molecule has 0 bridgehead atoms. The van der Waals surface area contributed by atoms with Crippen LogP contribution in [0.1, 0.15) is 49.6 Å². The average molecular weight is 420 g/mol. The Morgan fingerprint density at radius 2 is 1.52 bits per heavy atom. The number of pyridine rings is 1. The van der Waals surface area contributed by atoms with E-state index >= 15 is 0 Å². The summed E-state index contributed by atoms with van der Waals surface area (Å²) < 4.78 is 78.3. The van der Waals surface area contributed by atoms with Crippen molar-refractivity contribution in [2.75, 3.05) is 6.61 Å². The zero-order chi connectivity index (χ0) is 21.8. The van der Waals surface area contributed by atoms with Gasteiger partial charge in [0.05, 0.1) is 23.9 Å². The Hall–Kier alpha value is -2.13. The molecule has 2 N–H and O–H groups in total. The molecule has 2 rings (SSSR count). The van der Waals surface area contributed by atoms with Crippen LogP contribution in [0.4, 0.5) is 26.3 Å². The fourth-order valence-corrected chi connectivity index (χ4v) is 2.94. The number of alkyl halides is 6. The Balaban J connectivity index is 2.51. The van der Waals surface area contributed by atoms with Gasteiger partial charge in [-0.25, -0.2) is 4.98 Å². The Morgan fingerprint density at radius 3 is 1.97 bits per heavy atom. The maximum absolute atomic E-state index is 13.4. The number of aliphatic hydroxyl groups is 1. The van der Waals surface area contributed by atoms with Crippen molar-refractivity contribution in [1.82, 2.24) is 10.3 Å². The second-order valence-electron chi connectivity index (χ2n) is 6.66. The number of halogens is 6. The standard InChI is InChI=1S/C20H22F6N2O/c1-3-15(4-2)27-17(11-29)13-9-16(28-18(10-13)20(24,25)26)12-5-7-14(8-6-12)19(21,22)23/h5-10,15,17,27,29H,3-4,11H2,1-2H3/t17-/m1/s1. The Kier molecular flexibility index (Phi) is 7.29. The molecule has 0 radical (unpaired) electrons. The van der Waals surface area contributed by atoms with Crippen molar-refractivity contribution in [3.8, 4) is 11.3 Å². The smallest absolute Gasteiger partial charge is 0.394 e. The molecule has 0 amide bonds. The highest BCUT2D eigenvalue weighted by atomic mass is 19.4. The highest BCUT2D eigenvalue weighted by Crippen LogP contribution is 2.34. The van der Waals surface area contributed by atoms with Crippen molar-refractivity contribution >= 4 is 0 Å². The molecule has 1 aromatic heterocycles. The minimum Gasteiger partial charge on any atom is -0.394 e. The predicted molar refractivity (Wildman–Crippen MR) is 97.0 cm³/mol. The molecule has 9 heteroatoms. The van der Waals surface area contributed by atoms with Gasteiger partial charge in [-0.05, 0) is 42.7 Å². The molecule has 1 heterocycles. The molecule has 2 aromatic rings. The molecule has 1 aromatic carbocycles.